The van der Waals surface area contributed by atoms with E-state index in [9.17, 15) is 27.6 Å². The maximum atomic E-state index is 12.6. The molecule has 6 nitrogen and oxygen atoms in total. The van der Waals surface area contributed by atoms with E-state index in [4.69, 9.17) is 5.73 Å². The first kappa shape index (κ1) is 23.1. The van der Waals surface area contributed by atoms with E-state index in [1.807, 2.05) is 18.2 Å². The summed E-state index contributed by atoms with van der Waals surface area (Å²) in [6.07, 6.45) is -1.07. The molecule has 0 spiro atoms. The van der Waals surface area contributed by atoms with E-state index in [1.54, 1.807) is 4.90 Å². The Morgan fingerprint density at radius 2 is 1.78 bits per heavy atom. The van der Waals surface area contributed by atoms with Crippen molar-refractivity contribution in [3.8, 4) is 0 Å². The van der Waals surface area contributed by atoms with Gasteiger partial charge in [0.25, 0.3) is 0 Å². The Bertz CT molecular complexity index is 1050. The predicted octanol–water partition coefficient (Wildman–Crippen LogP) is 2.45. The number of carbonyl (C=O) groups is 3. The lowest BCUT2D eigenvalue weighted by Gasteiger charge is -2.29. The van der Waals surface area contributed by atoms with Gasteiger partial charge in [0.2, 0.25) is 17.7 Å². The van der Waals surface area contributed by atoms with Crippen molar-refractivity contribution in [3.05, 3.63) is 76.4 Å². The van der Waals surface area contributed by atoms with E-state index in [0.717, 1.165) is 28.8 Å². The molecule has 0 saturated carbocycles. The SMILES string of the molecule is NC(=O)Cc1ccc2c(c1)CCN(C(=O)CNC(=O)C=Cc1ccc(C(F)(F)F)cc1)C2. The zero-order valence-electron chi connectivity index (χ0n) is 17.1. The first-order valence-corrected chi connectivity index (χ1v) is 9.92. The number of benzene rings is 2. The van der Waals surface area contributed by atoms with Crippen LogP contribution < -0.4 is 11.1 Å². The molecule has 3 amide bonds. The van der Waals surface area contributed by atoms with E-state index < -0.39 is 23.6 Å². The number of hydrogen-bond acceptors (Lipinski definition) is 3. The minimum atomic E-state index is -4.42. The molecule has 0 unspecified atom stereocenters. The number of hydrogen-bond donors (Lipinski definition) is 2. The van der Waals surface area contributed by atoms with Crippen LogP contribution in [0.4, 0.5) is 13.2 Å². The quantitative estimate of drug-likeness (QED) is 0.669. The Labute approximate surface area is 182 Å². The number of halogens is 3. The van der Waals surface area contributed by atoms with Crippen LogP contribution in [0.1, 0.15) is 27.8 Å². The first-order valence-electron chi connectivity index (χ1n) is 9.92. The number of alkyl halides is 3. The monoisotopic (exact) mass is 445 g/mol. The number of rotatable bonds is 6. The summed E-state index contributed by atoms with van der Waals surface area (Å²) < 4.78 is 37.7. The fourth-order valence-corrected chi connectivity index (χ4v) is 3.42. The van der Waals surface area contributed by atoms with Gasteiger partial charge in [-0.3, -0.25) is 14.4 Å². The maximum absolute atomic E-state index is 12.6. The Morgan fingerprint density at radius 3 is 2.44 bits per heavy atom. The summed E-state index contributed by atoms with van der Waals surface area (Å²) in [5, 5.41) is 2.49. The third kappa shape index (κ3) is 6.19. The molecule has 168 valence electrons. The van der Waals surface area contributed by atoms with Gasteiger partial charge in [-0.1, -0.05) is 30.3 Å². The van der Waals surface area contributed by atoms with Crippen LogP contribution in [0.3, 0.4) is 0 Å². The molecular weight excluding hydrogens is 423 g/mol. The maximum Gasteiger partial charge on any atom is 0.416 e. The second-order valence-corrected chi connectivity index (χ2v) is 7.48. The molecular formula is C23H22F3N3O3. The van der Waals surface area contributed by atoms with E-state index in [2.05, 4.69) is 5.32 Å². The van der Waals surface area contributed by atoms with Crippen LogP contribution in [0.2, 0.25) is 0 Å². The van der Waals surface area contributed by atoms with Crippen molar-refractivity contribution in [3.63, 3.8) is 0 Å². The fraction of sp³-hybridized carbons (Fsp3) is 0.261. The second kappa shape index (κ2) is 9.67. The summed E-state index contributed by atoms with van der Waals surface area (Å²) in [6.45, 7) is 0.705. The third-order valence-electron chi connectivity index (χ3n) is 5.09. The molecule has 1 aliphatic rings. The predicted molar refractivity (Wildman–Crippen MR) is 112 cm³/mol. The van der Waals surface area contributed by atoms with Crippen LogP contribution in [0.15, 0.2) is 48.5 Å². The van der Waals surface area contributed by atoms with E-state index >= 15 is 0 Å². The molecule has 1 aliphatic heterocycles. The van der Waals surface area contributed by atoms with Crippen molar-refractivity contribution in [2.45, 2.75) is 25.6 Å². The van der Waals surface area contributed by atoms with Crippen molar-refractivity contribution in [1.29, 1.82) is 0 Å². The van der Waals surface area contributed by atoms with Gasteiger partial charge in [-0.2, -0.15) is 13.2 Å². The van der Waals surface area contributed by atoms with Crippen LogP contribution in [0, 0.1) is 0 Å². The molecule has 0 atom stereocenters. The lowest BCUT2D eigenvalue weighted by atomic mass is 9.96. The summed E-state index contributed by atoms with van der Waals surface area (Å²) in [6, 6.07) is 10.0. The molecule has 0 aliphatic carbocycles. The second-order valence-electron chi connectivity index (χ2n) is 7.48. The zero-order valence-corrected chi connectivity index (χ0v) is 17.1. The molecule has 0 fully saturated rings. The molecule has 1 heterocycles. The zero-order chi connectivity index (χ0) is 23.3. The summed E-state index contributed by atoms with van der Waals surface area (Å²) >= 11 is 0. The van der Waals surface area contributed by atoms with Gasteiger partial charge in [0.15, 0.2) is 0 Å². The van der Waals surface area contributed by atoms with E-state index in [0.29, 0.717) is 25.1 Å². The third-order valence-corrected chi connectivity index (χ3v) is 5.09. The number of nitrogens with two attached hydrogens (primary N) is 1. The molecule has 0 radical (unpaired) electrons. The van der Waals surface area contributed by atoms with Gasteiger partial charge in [0.05, 0.1) is 18.5 Å². The molecule has 0 saturated heterocycles. The summed E-state index contributed by atoms with van der Waals surface area (Å²) in [5.74, 6) is -1.17. The Kier molecular flexibility index (Phi) is 6.97. The number of fused-ring (bicyclic) bond motifs is 1. The largest absolute Gasteiger partial charge is 0.416 e. The van der Waals surface area contributed by atoms with Gasteiger partial charge in [0.1, 0.15) is 0 Å². The van der Waals surface area contributed by atoms with Crippen molar-refractivity contribution in [1.82, 2.24) is 10.2 Å². The summed E-state index contributed by atoms with van der Waals surface area (Å²) in [4.78, 5) is 37.1. The summed E-state index contributed by atoms with van der Waals surface area (Å²) in [5.41, 5.74) is 7.77. The fourth-order valence-electron chi connectivity index (χ4n) is 3.42. The highest BCUT2D eigenvalue weighted by atomic mass is 19.4. The van der Waals surface area contributed by atoms with Crippen molar-refractivity contribution in [2.24, 2.45) is 5.73 Å². The smallest absolute Gasteiger partial charge is 0.369 e. The molecule has 32 heavy (non-hydrogen) atoms. The molecule has 3 N–H and O–H groups in total. The lowest BCUT2D eigenvalue weighted by molar-refractivity contribution is -0.137. The van der Waals surface area contributed by atoms with Crippen LogP contribution in [0.25, 0.3) is 6.08 Å². The highest BCUT2D eigenvalue weighted by Gasteiger charge is 2.29. The lowest BCUT2D eigenvalue weighted by Crippen LogP contribution is -2.42. The molecule has 0 aromatic heterocycles. The van der Waals surface area contributed by atoms with E-state index in [1.165, 1.54) is 24.3 Å². The minimum Gasteiger partial charge on any atom is -0.369 e. The standard InChI is InChI=1S/C23H22F3N3O3/c24-23(25,26)19-6-2-15(3-7-19)4-8-21(31)28-13-22(32)29-10-9-17-11-16(12-20(27)30)1-5-18(17)14-29/h1-8,11H,9-10,12-14H2,(H2,27,30)(H,28,31). The summed E-state index contributed by atoms with van der Waals surface area (Å²) in [7, 11) is 0. The number of primary amides is 1. The van der Waals surface area contributed by atoms with Crippen LogP contribution in [0.5, 0.6) is 0 Å². The van der Waals surface area contributed by atoms with Crippen molar-refractivity contribution >= 4 is 23.8 Å². The van der Waals surface area contributed by atoms with Gasteiger partial charge in [-0.25, -0.2) is 0 Å². The molecule has 0 bridgehead atoms. The van der Waals surface area contributed by atoms with Crippen LogP contribution >= 0.6 is 0 Å². The Hall–Kier alpha value is -3.62. The average molecular weight is 445 g/mol. The topological polar surface area (TPSA) is 92.5 Å². The van der Waals surface area contributed by atoms with Gasteiger partial charge < -0.3 is 16.0 Å². The average Bonchev–Trinajstić information content (AvgIpc) is 2.75. The molecule has 2 aromatic rings. The van der Waals surface area contributed by atoms with E-state index in [-0.39, 0.29) is 18.9 Å². The van der Waals surface area contributed by atoms with Gasteiger partial charge in [-0.15, -0.1) is 0 Å². The van der Waals surface area contributed by atoms with Crippen LogP contribution in [-0.2, 0) is 39.9 Å². The normalized spacial score (nSPS) is 13.7. The Balaban J connectivity index is 1.50. The van der Waals surface area contributed by atoms with Gasteiger partial charge >= 0.3 is 6.18 Å². The number of nitrogens with zero attached hydrogens (tertiary/aromatic N) is 1. The van der Waals surface area contributed by atoms with Crippen LogP contribution in [-0.4, -0.2) is 35.7 Å². The highest BCUT2D eigenvalue weighted by Crippen LogP contribution is 2.29. The molecule has 2 aromatic carbocycles. The Morgan fingerprint density at radius 1 is 1.06 bits per heavy atom. The number of nitrogens with one attached hydrogen (secondary N) is 1. The highest BCUT2D eigenvalue weighted by molar-refractivity contribution is 5.94. The number of carbonyl (C=O) groups excluding carboxylic acids is 3. The minimum absolute atomic E-state index is 0.169. The van der Waals surface area contributed by atoms with Gasteiger partial charge in [0, 0.05) is 19.2 Å². The van der Waals surface area contributed by atoms with Gasteiger partial charge in [-0.05, 0) is 46.9 Å². The molecule has 9 heteroatoms. The van der Waals surface area contributed by atoms with Crippen molar-refractivity contribution in [2.75, 3.05) is 13.1 Å². The molecule has 3 rings (SSSR count). The number of amides is 3. The van der Waals surface area contributed by atoms with Crippen molar-refractivity contribution < 1.29 is 27.6 Å². The first-order chi connectivity index (χ1) is 15.1.